The highest BCUT2D eigenvalue weighted by molar-refractivity contribution is 5.78. The maximum absolute atomic E-state index is 12.9. The molecule has 0 heterocycles. The third-order valence-corrected chi connectivity index (χ3v) is 2.59. The van der Waals surface area contributed by atoms with Gasteiger partial charge in [-0.3, -0.25) is 0 Å². The van der Waals surface area contributed by atoms with Crippen LogP contribution in [0.5, 0.6) is 5.75 Å². The SMILES string of the molecule is Nc1cccc(-c2ccccc2C(F)(F)F)c1O. The quantitative estimate of drug-likeness (QED) is 0.601. The van der Waals surface area contributed by atoms with Crippen molar-refractivity contribution in [2.75, 3.05) is 5.73 Å². The predicted molar refractivity (Wildman–Crippen MR) is 63.0 cm³/mol. The van der Waals surface area contributed by atoms with Gasteiger partial charge in [-0.15, -0.1) is 0 Å². The fraction of sp³-hybridized carbons (Fsp3) is 0.0769. The highest BCUT2D eigenvalue weighted by atomic mass is 19.4. The molecule has 5 heteroatoms. The van der Waals surface area contributed by atoms with Crippen LogP contribution >= 0.6 is 0 Å². The topological polar surface area (TPSA) is 46.2 Å². The van der Waals surface area contributed by atoms with Crippen molar-refractivity contribution >= 4 is 5.69 Å². The van der Waals surface area contributed by atoms with Gasteiger partial charge in [0, 0.05) is 5.56 Å². The monoisotopic (exact) mass is 253 g/mol. The normalized spacial score (nSPS) is 11.5. The van der Waals surface area contributed by atoms with Gasteiger partial charge in [-0.2, -0.15) is 13.2 Å². The van der Waals surface area contributed by atoms with E-state index in [1.54, 1.807) is 0 Å². The summed E-state index contributed by atoms with van der Waals surface area (Å²) in [5.74, 6) is -0.339. The molecule has 0 saturated heterocycles. The van der Waals surface area contributed by atoms with Crippen LogP contribution in [0.1, 0.15) is 5.56 Å². The van der Waals surface area contributed by atoms with E-state index in [-0.39, 0.29) is 22.6 Å². The molecule has 2 aromatic rings. The van der Waals surface area contributed by atoms with Crippen molar-refractivity contribution in [1.29, 1.82) is 0 Å². The van der Waals surface area contributed by atoms with E-state index in [2.05, 4.69) is 0 Å². The number of hydrogen-bond acceptors (Lipinski definition) is 2. The number of phenolic OH excluding ortho intramolecular Hbond substituents is 1. The maximum Gasteiger partial charge on any atom is 0.417 e. The highest BCUT2D eigenvalue weighted by Gasteiger charge is 2.33. The standard InChI is InChI=1S/C13H10F3NO/c14-13(15,16)10-6-2-1-4-8(10)9-5-3-7-11(17)12(9)18/h1-7,18H,17H2. The Balaban J connectivity index is 2.69. The number of alkyl halides is 3. The number of nitrogen functional groups attached to an aromatic ring is 1. The summed E-state index contributed by atoms with van der Waals surface area (Å²) in [4.78, 5) is 0. The number of benzene rings is 2. The van der Waals surface area contributed by atoms with Gasteiger partial charge >= 0.3 is 6.18 Å². The second kappa shape index (κ2) is 4.25. The number of aromatic hydroxyl groups is 1. The van der Waals surface area contributed by atoms with Crippen molar-refractivity contribution < 1.29 is 18.3 Å². The summed E-state index contributed by atoms with van der Waals surface area (Å²) in [6.07, 6.45) is -4.48. The number of rotatable bonds is 1. The van der Waals surface area contributed by atoms with Crippen molar-refractivity contribution in [1.82, 2.24) is 0 Å². The van der Waals surface area contributed by atoms with Crippen molar-refractivity contribution in [3.05, 3.63) is 48.0 Å². The molecule has 0 aliphatic heterocycles. The Bertz CT molecular complexity index is 579. The Hall–Kier alpha value is -2.17. The van der Waals surface area contributed by atoms with E-state index in [1.165, 1.54) is 36.4 Å². The number of halogens is 3. The molecule has 2 aromatic carbocycles. The van der Waals surface area contributed by atoms with Crippen LogP contribution in [0.4, 0.5) is 18.9 Å². The Morgan fingerprint density at radius 2 is 1.50 bits per heavy atom. The first-order valence-electron chi connectivity index (χ1n) is 5.15. The van der Waals surface area contributed by atoms with Crippen molar-refractivity contribution in [2.45, 2.75) is 6.18 Å². The third kappa shape index (κ3) is 2.11. The minimum atomic E-state index is -4.48. The summed E-state index contributed by atoms with van der Waals surface area (Å²) in [6.45, 7) is 0. The van der Waals surface area contributed by atoms with Gasteiger partial charge in [0.1, 0.15) is 5.75 Å². The van der Waals surface area contributed by atoms with Gasteiger partial charge in [-0.1, -0.05) is 30.3 Å². The van der Waals surface area contributed by atoms with Crippen LogP contribution in [-0.2, 0) is 6.18 Å². The van der Waals surface area contributed by atoms with Gasteiger partial charge in [0.05, 0.1) is 11.3 Å². The fourth-order valence-electron chi connectivity index (χ4n) is 1.74. The lowest BCUT2D eigenvalue weighted by molar-refractivity contribution is -0.137. The number of para-hydroxylation sites is 1. The molecule has 0 unspecified atom stereocenters. The Morgan fingerprint density at radius 3 is 2.17 bits per heavy atom. The van der Waals surface area contributed by atoms with E-state index in [4.69, 9.17) is 5.73 Å². The van der Waals surface area contributed by atoms with Gasteiger partial charge in [-0.25, -0.2) is 0 Å². The summed E-state index contributed by atoms with van der Waals surface area (Å²) in [5.41, 5.74) is 4.72. The second-order valence-corrected chi connectivity index (χ2v) is 3.79. The smallest absolute Gasteiger partial charge is 0.417 e. The molecule has 0 aliphatic rings. The molecule has 0 saturated carbocycles. The van der Waals surface area contributed by atoms with E-state index in [9.17, 15) is 18.3 Å². The zero-order valence-corrected chi connectivity index (χ0v) is 9.20. The maximum atomic E-state index is 12.9. The molecule has 2 nitrogen and oxygen atoms in total. The van der Waals surface area contributed by atoms with Crippen LogP contribution in [0, 0.1) is 0 Å². The molecule has 0 atom stereocenters. The van der Waals surface area contributed by atoms with Crippen molar-refractivity contribution in [3.63, 3.8) is 0 Å². The van der Waals surface area contributed by atoms with Crippen molar-refractivity contribution in [2.24, 2.45) is 0 Å². The molecule has 0 aliphatic carbocycles. The summed E-state index contributed by atoms with van der Waals surface area (Å²) < 4.78 is 38.6. The molecular weight excluding hydrogens is 243 g/mol. The average Bonchev–Trinajstić information content (AvgIpc) is 2.32. The second-order valence-electron chi connectivity index (χ2n) is 3.79. The fourth-order valence-corrected chi connectivity index (χ4v) is 1.74. The molecule has 94 valence electrons. The van der Waals surface area contributed by atoms with Gasteiger partial charge in [-0.05, 0) is 17.7 Å². The van der Waals surface area contributed by atoms with Crippen LogP contribution in [0.25, 0.3) is 11.1 Å². The zero-order chi connectivity index (χ0) is 13.3. The molecule has 3 N–H and O–H groups in total. The Kier molecular flexibility index (Phi) is 2.90. The van der Waals surface area contributed by atoms with E-state index < -0.39 is 11.7 Å². The van der Waals surface area contributed by atoms with E-state index in [0.29, 0.717) is 0 Å². The van der Waals surface area contributed by atoms with Crippen LogP contribution < -0.4 is 5.73 Å². The lowest BCUT2D eigenvalue weighted by Gasteiger charge is -2.14. The number of hydrogen-bond donors (Lipinski definition) is 2. The molecule has 0 radical (unpaired) electrons. The Labute approximate surface area is 101 Å². The number of phenols is 1. The molecule has 0 aromatic heterocycles. The molecular formula is C13H10F3NO. The molecule has 18 heavy (non-hydrogen) atoms. The molecule has 0 bridgehead atoms. The first-order valence-corrected chi connectivity index (χ1v) is 5.15. The lowest BCUT2D eigenvalue weighted by Crippen LogP contribution is -2.07. The molecule has 0 amide bonds. The number of nitrogens with two attached hydrogens (primary N) is 1. The van der Waals surface area contributed by atoms with Crippen LogP contribution in [0.15, 0.2) is 42.5 Å². The van der Waals surface area contributed by atoms with Gasteiger partial charge in [0.2, 0.25) is 0 Å². The van der Waals surface area contributed by atoms with Crippen LogP contribution in [-0.4, -0.2) is 5.11 Å². The van der Waals surface area contributed by atoms with E-state index in [0.717, 1.165) is 6.07 Å². The van der Waals surface area contributed by atoms with Gasteiger partial charge in [0.25, 0.3) is 0 Å². The highest BCUT2D eigenvalue weighted by Crippen LogP contribution is 2.41. The van der Waals surface area contributed by atoms with Crippen LogP contribution in [0.2, 0.25) is 0 Å². The number of anilines is 1. The van der Waals surface area contributed by atoms with Gasteiger partial charge < -0.3 is 10.8 Å². The lowest BCUT2D eigenvalue weighted by atomic mass is 9.98. The average molecular weight is 253 g/mol. The van der Waals surface area contributed by atoms with Gasteiger partial charge in [0.15, 0.2) is 0 Å². The Morgan fingerprint density at radius 1 is 0.889 bits per heavy atom. The summed E-state index contributed by atoms with van der Waals surface area (Å²) in [7, 11) is 0. The summed E-state index contributed by atoms with van der Waals surface area (Å²) >= 11 is 0. The first kappa shape index (κ1) is 12.3. The largest absolute Gasteiger partial charge is 0.505 e. The third-order valence-electron chi connectivity index (χ3n) is 2.59. The first-order chi connectivity index (χ1) is 8.41. The molecule has 0 spiro atoms. The summed E-state index contributed by atoms with van der Waals surface area (Å²) in [6, 6.07) is 9.38. The van der Waals surface area contributed by atoms with E-state index >= 15 is 0 Å². The summed E-state index contributed by atoms with van der Waals surface area (Å²) in [5, 5.41) is 9.75. The zero-order valence-electron chi connectivity index (χ0n) is 9.20. The minimum absolute atomic E-state index is 0.0458. The van der Waals surface area contributed by atoms with Crippen LogP contribution in [0.3, 0.4) is 0 Å². The van der Waals surface area contributed by atoms with Crippen molar-refractivity contribution in [3.8, 4) is 16.9 Å². The predicted octanol–water partition coefficient (Wildman–Crippen LogP) is 3.66. The minimum Gasteiger partial charge on any atom is -0.505 e. The molecule has 2 rings (SSSR count). The molecule has 0 fully saturated rings. The van der Waals surface area contributed by atoms with E-state index in [1.807, 2.05) is 0 Å².